The molecule has 0 aliphatic carbocycles. The van der Waals surface area contributed by atoms with Crippen LogP contribution in [0.4, 0.5) is 0 Å². The highest BCUT2D eigenvalue weighted by Gasteiger charge is 2.36. The first-order valence-corrected chi connectivity index (χ1v) is 10.7. The zero-order chi connectivity index (χ0) is 20.2. The molecular weight excluding hydrogens is 362 g/mol. The van der Waals surface area contributed by atoms with Gasteiger partial charge in [-0.2, -0.15) is 0 Å². The first-order valence-electron chi connectivity index (χ1n) is 10.7. The number of nitrogens with one attached hydrogen (secondary N) is 2. The average Bonchev–Trinajstić information content (AvgIpc) is 3.24. The number of hydrogen-bond acceptors (Lipinski definition) is 5. The number of aryl methyl sites for hydroxylation is 1. The SMILES string of the molecule is COc1ccc(CN2CCCC(C3NNCC3c3cccc(C)c3)C2)cc1OC. The van der Waals surface area contributed by atoms with Crippen LogP contribution in [0, 0.1) is 12.8 Å². The molecule has 29 heavy (non-hydrogen) atoms. The highest BCUT2D eigenvalue weighted by Crippen LogP contribution is 2.33. The van der Waals surface area contributed by atoms with Crippen molar-refractivity contribution in [1.29, 1.82) is 0 Å². The zero-order valence-electron chi connectivity index (χ0n) is 17.8. The summed E-state index contributed by atoms with van der Waals surface area (Å²) in [6.45, 7) is 6.41. The predicted octanol–water partition coefficient (Wildman–Crippen LogP) is 3.48. The van der Waals surface area contributed by atoms with E-state index in [1.807, 2.05) is 6.07 Å². The molecule has 2 aliphatic heterocycles. The third-order valence-electron chi connectivity index (χ3n) is 6.40. The number of hydrazine groups is 1. The summed E-state index contributed by atoms with van der Waals surface area (Å²) in [6.07, 6.45) is 2.53. The summed E-state index contributed by atoms with van der Waals surface area (Å²) in [6, 6.07) is 15.7. The lowest BCUT2D eigenvalue weighted by Gasteiger charge is -2.37. The first kappa shape index (κ1) is 20.2. The Hall–Kier alpha value is -2.08. The molecule has 156 valence electrons. The molecule has 0 radical (unpaired) electrons. The van der Waals surface area contributed by atoms with Gasteiger partial charge in [-0.05, 0) is 55.5 Å². The van der Waals surface area contributed by atoms with Gasteiger partial charge in [0, 0.05) is 31.6 Å². The summed E-state index contributed by atoms with van der Waals surface area (Å²) in [4.78, 5) is 2.59. The third kappa shape index (κ3) is 4.58. The molecule has 3 atom stereocenters. The maximum Gasteiger partial charge on any atom is 0.161 e. The molecule has 2 fully saturated rings. The number of methoxy groups -OCH3 is 2. The summed E-state index contributed by atoms with van der Waals surface area (Å²) < 4.78 is 10.9. The van der Waals surface area contributed by atoms with Gasteiger partial charge in [0.25, 0.3) is 0 Å². The number of ether oxygens (including phenoxy) is 2. The summed E-state index contributed by atoms with van der Waals surface area (Å²) in [5.74, 6) is 2.76. The number of rotatable bonds is 6. The Morgan fingerprint density at radius 3 is 2.72 bits per heavy atom. The Labute approximate surface area is 174 Å². The van der Waals surface area contributed by atoms with Gasteiger partial charge in [-0.15, -0.1) is 0 Å². The minimum Gasteiger partial charge on any atom is -0.493 e. The fourth-order valence-corrected chi connectivity index (χ4v) is 4.95. The molecule has 3 unspecified atom stereocenters. The van der Waals surface area contributed by atoms with E-state index < -0.39 is 0 Å². The first-order chi connectivity index (χ1) is 14.2. The van der Waals surface area contributed by atoms with E-state index in [4.69, 9.17) is 9.47 Å². The molecule has 0 amide bonds. The van der Waals surface area contributed by atoms with Crippen LogP contribution in [0.1, 0.15) is 35.4 Å². The Balaban J connectivity index is 1.44. The quantitative estimate of drug-likeness (QED) is 0.784. The molecule has 0 bridgehead atoms. The Morgan fingerprint density at radius 2 is 1.93 bits per heavy atom. The summed E-state index contributed by atoms with van der Waals surface area (Å²) in [5.41, 5.74) is 11.1. The molecule has 0 aromatic heterocycles. The standard InChI is InChI=1S/C24H33N3O2/c1-17-6-4-7-19(12-17)21-14-25-26-24(21)20-8-5-11-27(16-20)15-18-9-10-22(28-2)23(13-18)29-3/h4,6-7,9-10,12-13,20-21,24-26H,5,8,11,14-16H2,1-3H3. The largest absolute Gasteiger partial charge is 0.493 e. The van der Waals surface area contributed by atoms with Gasteiger partial charge in [-0.3, -0.25) is 15.8 Å². The maximum absolute atomic E-state index is 5.48. The number of piperidine rings is 1. The van der Waals surface area contributed by atoms with E-state index >= 15 is 0 Å². The highest BCUT2D eigenvalue weighted by atomic mass is 16.5. The lowest BCUT2D eigenvalue weighted by molar-refractivity contribution is 0.139. The van der Waals surface area contributed by atoms with Gasteiger partial charge < -0.3 is 9.47 Å². The predicted molar refractivity (Wildman–Crippen MR) is 116 cm³/mol. The molecule has 2 saturated heterocycles. The number of nitrogens with zero attached hydrogens (tertiary/aromatic N) is 1. The second-order valence-electron chi connectivity index (χ2n) is 8.40. The molecule has 2 aliphatic rings. The Bertz CT molecular complexity index is 826. The minimum atomic E-state index is 0.477. The van der Waals surface area contributed by atoms with Crippen LogP contribution in [0.2, 0.25) is 0 Å². The van der Waals surface area contributed by atoms with Crippen LogP contribution in [-0.2, 0) is 6.54 Å². The van der Waals surface area contributed by atoms with Crippen LogP contribution < -0.4 is 20.3 Å². The van der Waals surface area contributed by atoms with E-state index in [1.54, 1.807) is 14.2 Å². The topological polar surface area (TPSA) is 45.8 Å². The Kier molecular flexibility index (Phi) is 6.38. The van der Waals surface area contributed by atoms with Crippen LogP contribution >= 0.6 is 0 Å². The Morgan fingerprint density at radius 1 is 1.07 bits per heavy atom. The monoisotopic (exact) mass is 395 g/mol. The molecule has 2 N–H and O–H groups in total. The van der Waals surface area contributed by atoms with E-state index in [-0.39, 0.29) is 0 Å². The van der Waals surface area contributed by atoms with Gasteiger partial charge in [-0.25, -0.2) is 0 Å². The lowest BCUT2D eigenvalue weighted by atomic mass is 9.81. The highest BCUT2D eigenvalue weighted by molar-refractivity contribution is 5.42. The van der Waals surface area contributed by atoms with Crippen molar-refractivity contribution in [3.05, 3.63) is 59.2 Å². The smallest absolute Gasteiger partial charge is 0.161 e. The van der Waals surface area contributed by atoms with Crippen molar-refractivity contribution in [3.63, 3.8) is 0 Å². The fraction of sp³-hybridized carbons (Fsp3) is 0.500. The van der Waals surface area contributed by atoms with E-state index in [0.29, 0.717) is 17.9 Å². The van der Waals surface area contributed by atoms with Gasteiger partial charge >= 0.3 is 0 Å². The van der Waals surface area contributed by atoms with Crippen LogP contribution in [0.3, 0.4) is 0 Å². The summed E-state index contributed by atoms with van der Waals surface area (Å²) in [5, 5.41) is 0. The summed E-state index contributed by atoms with van der Waals surface area (Å²) in [7, 11) is 3.38. The van der Waals surface area contributed by atoms with Gasteiger partial charge in [0.15, 0.2) is 11.5 Å². The molecular formula is C24H33N3O2. The molecule has 4 rings (SSSR count). The lowest BCUT2D eigenvalue weighted by Crippen LogP contribution is -2.46. The van der Waals surface area contributed by atoms with E-state index in [2.05, 4.69) is 59.1 Å². The third-order valence-corrected chi connectivity index (χ3v) is 6.40. The van der Waals surface area contributed by atoms with E-state index in [1.165, 1.54) is 29.5 Å². The van der Waals surface area contributed by atoms with Gasteiger partial charge in [0.1, 0.15) is 0 Å². The second-order valence-corrected chi connectivity index (χ2v) is 8.40. The molecule has 2 heterocycles. The van der Waals surface area contributed by atoms with Crippen molar-refractivity contribution in [1.82, 2.24) is 15.8 Å². The number of benzene rings is 2. The number of likely N-dealkylation sites (tertiary alicyclic amines) is 1. The van der Waals surface area contributed by atoms with Crippen molar-refractivity contribution in [2.24, 2.45) is 5.92 Å². The van der Waals surface area contributed by atoms with Crippen LogP contribution in [0.15, 0.2) is 42.5 Å². The fourth-order valence-electron chi connectivity index (χ4n) is 4.95. The molecule has 5 nitrogen and oxygen atoms in total. The zero-order valence-corrected chi connectivity index (χ0v) is 17.8. The van der Waals surface area contributed by atoms with Crippen molar-refractivity contribution in [3.8, 4) is 11.5 Å². The number of hydrogen-bond donors (Lipinski definition) is 2. The average molecular weight is 396 g/mol. The molecule has 2 aromatic rings. The second kappa shape index (κ2) is 9.16. The van der Waals surface area contributed by atoms with Crippen LogP contribution in [-0.4, -0.2) is 44.8 Å². The van der Waals surface area contributed by atoms with Crippen LogP contribution in [0.5, 0.6) is 11.5 Å². The van der Waals surface area contributed by atoms with Crippen molar-refractivity contribution in [2.45, 2.75) is 38.3 Å². The normalized spacial score (nSPS) is 25.1. The molecule has 0 saturated carbocycles. The molecule has 5 heteroatoms. The van der Waals surface area contributed by atoms with Crippen molar-refractivity contribution < 1.29 is 9.47 Å². The maximum atomic E-state index is 5.48. The minimum absolute atomic E-state index is 0.477. The molecule has 0 spiro atoms. The van der Waals surface area contributed by atoms with Gasteiger partial charge in [0.05, 0.1) is 14.2 Å². The van der Waals surface area contributed by atoms with Gasteiger partial charge in [0.2, 0.25) is 0 Å². The van der Waals surface area contributed by atoms with Crippen LogP contribution in [0.25, 0.3) is 0 Å². The van der Waals surface area contributed by atoms with Crippen molar-refractivity contribution in [2.75, 3.05) is 33.9 Å². The van der Waals surface area contributed by atoms with E-state index in [0.717, 1.165) is 37.7 Å². The molecule has 2 aromatic carbocycles. The van der Waals surface area contributed by atoms with Crippen molar-refractivity contribution >= 4 is 0 Å². The summed E-state index contributed by atoms with van der Waals surface area (Å²) >= 11 is 0. The van der Waals surface area contributed by atoms with Gasteiger partial charge in [-0.1, -0.05) is 35.9 Å². The van der Waals surface area contributed by atoms with E-state index in [9.17, 15) is 0 Å².